The van der Waals surface area contributed by atoms with Crippen LogP contribution in [-0.4, -0.2) is 64.4 Å². The Hall–Kier alpha value is -2.23. The number of sulfone groups is 1. The summed E-state index contributed by atoms with van der Waals surface area (Å²) in [5.41, 5.74) is 2.64. The molecule has 0 spiro atoms. The van der Waals surface area contributed by atoms with E-state index in [-0.39, 0.29) is 42.5 Å². The van der Waals surface area contributed by atoms with Gasteiger partial charge in [-0.05, 0) is 67.1 Å². The first-order chi connectivity index (χ1) is 14.7. The number of piperazine rings is 1. The Morgan fingerprint density at radius 1 is 0.806 bits per heavy atom. The number of amides is 1. The molecule has 0 atom stereocenters. The van der Waals surface area contributed by atoms with E-state index >= 15 is 0 Å². The van der Waals surface area contributed by atoms with Gasteiger partial charge >= 0.3 is 0 Å². The van der Waals surface area contributed by atoms with Crippen LogP contribution in [0.15, 0.2) is 52.3 Å². The molecule has 2 aliphatic rings. The number of carbonyl (C=O) groups is 1. The fraction of sp³-hybridized carbons (Fsp3) is 0.409. The van der Waals surface area contributed by atoms with Crippen molar-refractivity contribution in [1.82, 2.24) is 9.21 Å². The van der Waals surface area contributed by atoms with Gasteiger partial charge in [0.1, 0.15) is 0 Å². The number of benzene rings is 2. The van der Waals surface area contributed by atoms with E-state index in [4.69, 9.17) is 0 Å². The minimum absolute atomic E-state index is 0.0898. The molecule has 1 aliphatic heterocycles. The molecule has 9 heteroatoms. The Labute approximate surface area is 183 Å². The molecule has 0 unspecified atom stereocenters. The Morgan fingerprint density at radius 3 is 2.16 bits per heavy atom. The van der Waals surface area contributed by atoms with Crippen LogP contribution < -0.4 is 0 Å². The van der Waals surface area contributed by atoms with Gasteiger partial charge in [0.15, 0.2) is 9.84 Å². The van der Waals surface area contributed by atoms with E-state index in [0.29, 0.717) is 4.90 Å². The first-order valence-corrected chi connectivity index (χ1v) is 13.7. The SMILES string of the molecule is CS(=O)(=O)c1cccc(C(=O)N2CCN(S(=O)(=O)c3ccc4c(c3)CCCC4)CC2)c1. The average molecular weight is 463 g/mol. The summed E-state index contributed by atoms with van der Waals surface area (Å²) in [5, 5.41) is 0. The highest BCUT2D eigenvalue weighted by Gasteiger charge is 2.31. The Morgan fingerprint density at radius 2 is 1.48 bits per heavy atom. The third-order valence-corrected chi connectivity index (χ3v) is 9.00. The predicted molar refractivity (Wildman–Crippen MR) is 117 cm³/mol. The number of carbonyl (C=O) groups excluding carboxylic acids is 1. The maximum atomic E-state index is 13.1. The topological polar surface area (TPSA) is 91.8 Å². The van der Waals surface area contributed by atoms with Gasteiger partial charge < -0.3 is 4.90 Å². The number of aryl methyl sites for hydroxylation is 2. The maximum Gasteiger partial charge on any atom is 0.253 e. The lowest BCUT2D eigenvalue weighted by atomic mass is 9.92. The van der Waals surface area contributed by atoms with Crippen LogP contribution in [-0.2, 0) is 32.7 Å². The molecule has 1 aliphatic carbocycles. The highest BCUT2D eigenvalue weighted by atomic mass is 32.2. The van der Waals surface area contributed by atoms with Gasteiger partial charge in [-0.15, -0.1) is 0 Å². The normalized spacial score (nSPS) is 17.9. The first-order valence-electron chi connectivity index (χ1n) is 10.4. The van der Waals surface area contributed by atoms with Gasteiger partial charge in [-0.2, -0.15) is 4.31 Å². The van der Waals surface area contributed by atoms with E-state index in [0.717, 1.165) is 37.5 Å². The van der Waals surface area contributed by atoms with E-state index < -0.39 is 19.9 Å². The molecule has 2 aromatic rings. The summed E-state index contributed by atoms with van der Waals surface area (Å²) in [6.45, 7) is 0.923. The van der Waals surface area contributed by atoms with Crippen LogP contribution in [0.1, 0.15) is 34.3 Å². The number of nitrogens with zero attached hydrogens (tertiary/aromatic N) is 2. The molecule has 166 valence electrons. The van der Waals surface area contributed by atoms with Crippen molar-refractivity contribution in [2.24, 2.45) is 0 Å². The smallest absolute Gasteiger partial charge is 0.253 e. The molecule has 31 heavy (non-hydrogen) atoms. The van der Waals surface area contributed by atoms with E-state index in [1.54, 1.807) is 29.2 Å². The zero-order chi connectivity index (χ0) is 22.2. The zero-order valence-electron chi connectivity index (χ0n) is 17.5. The van der Waals surface area contributed by atoms with Crippen LogP contribution >= 0.6 is 0 Å². The molecule has 1 saturated heterocycles. The molecule has 7 nitrogen and oxygen atoms in total. The summed E-state index contributed by atoms with van der Waals surface area (Å²) in [4.78, 5) is 14.8. The lowest BCUT2D eigenvalue weighted by molar-refractivity contribution is 0.0697. The Balaban J connectivity index is 1.46. The van der Waals surface area contributed by atoms with Crippen molar-refractivity contribution in [3.05, 3.63) is 59.2 Å². The van der Waals surface area contributed by atoms with Gasteiger partial charge in [0.2, 0.25) is 10.0 Å². The minimum atomic E-state index is -3.62. The largest absolute Gasteiger partial charge is 0.336 e. The molecule has 2 aromatic carbocycles. The summed E-state index contributed by atoms with van der Waals surface area (Å²) in [6.07, 6.45) is 5.23. The molecule has 0 N–H and O–H groups in total. The number of fused-ring (bicyclic) bond motifs is 1. The molecule has 0 aromatic heterocycles. The van der Waals surface area contributed by atoms with Crippen LogP contribution in [0.25, 0.3) is 0 Å². The van der Waals surface area contributed by atoms with Crippen molar-refractivity contribution in [2.45, 2.75) is 35.5 Å². The number of hydrogen-bond acceptors (Lipinski definition) is 5. The van der Waals surface area contributed by atoms with E-state index in [2.05, 4.69) is 0 Å². The predicted octanol–water partition coefficient (Wildman–Crippen LogP) is 2.12. The number of sulfonamides is 1. The summed E-state index contributed by atoms with van der Waals surface area (Å²) in [7, 11) is -7.03. The van der Waals surface area contributed by atoms with Crippen LogP contribution in [0.4, 0.5) is 0 Å². The van der Waals surface area contributed by atoms with Crippen molar-refractivity contribution in [1.29, 1.82) is 0 Å². The Bertz CT molecular complexity index is 1210. The summed E-state index contributed by atoms with van der Waals surface area (Å²) in [6, 6.07) is 11.4. The van der Waals surface area contributed by atoms with Crippen molar-refractivity contribution in [3.63, 3.8) is 0 Å². The second kappa shape index (κ2) is 8.37. The standard InChI is InChI=1S/C22H26N2O5S2/c1-30(26,27)20-8-4-7-19(16-20)22(25)23-11-13-24(14-12-23)31(28,29)21-10-9-17-5-2-3-6-18(17)15-21/h4,7-10,15-16H,2-3,5-6,11-14H2,1H3. The molecule has 0 saturated carbocycles. The van der Waals surface area contributed by atoms with E-state index in [1.165, 1.54) is 22.0 Å². The molecular weight excluding hydrogens is 436 g/mol. The Kier molecular flexibility index (Phi) is 5.93. The van der Waals surface area contributed by atoms with Crippen LogP contribution in [0.3, 0.4) is 0 Å². The van der Waals surface area contributed by atoms with E-state index in [1.807, 2.05) is 6.07 Å². The first kappa shape index (κ1) is 22.0. The van der Waals surface area contributed by atoms with Crippen molar-refractivity contribution < 1.29 is 21.6 Å². The molecule has 4 rings (SSSR count). The molecule has 0 radical (unpaired) electrons. The fourth-order valence-corrected chi connectivity index (χ4v) is 6.33. The fourth-order valence-electron chi connectivity index (χ4n) is 4.19. The van der Waals surface area contributed by atoms with Crippen molar-refractivity contribution in [3.8, 4) is 0 Å². The summed E-state index contributed by atoms with van der Waals surface area (Å²) < 4.78 is 51.2. The third kappa shape index (κ3) is 4.53. The van der Waals surface area contributed by atoms with Gasteiger partial charge in [0.25, 0.3) is 5.91 Å². The van der Waals surface area contributed by atoms with E-state index in [9.17, 15) is 21.6 Å². The summed E-state index contributed by atoms with van der Waals surface area (Å²) >= 11 is 0. The third-order valence-electron chi connectivity index (χ3n) is 5.99. The molecule has 1 amide bonds. The van der Waals surface area contributed by atoms with Crippen molar-refractivity contribution in [2.75, 3.05) is 32.4 Å². The van der Waals surface area contributed by atoms with Crippen LogP contribution in [0.5, 0.6) is 0 Å². The van der Waals surface area contributed by atoms with Gasteiger partial charge in [0, 0.05) is 38.0 Å². The summed E-state index contributed by atoms with van der Waals surface area (Å²) in [5.74, 6) is -0.295. The highest BCUT2D eigenvalue weighted by Crippen LogP contribution is 2.26. The van der Waals surface area contributed by atoms with Gasteiger partial charge in [-0.25, -0.2) is 16.8 Å². The molecule has 1 heterocycles. The second-order valence-electron chi connectivity index (χ2n) is 8.13. The molecule has 0 bridgehead atoms. The van der Waals surface area contributed by atoms with Crippen LogP contribution in [0.2, 0.25) is 0 Å². The van der Waals surface area contributed by atoms with Gasteiger partial charge in [-0.1, -0.05) is 12.1 Å². The lowest BCUT2D eigenvalue weighted by Gasteiger charge is -2.34. The average Bonchev–Trinajstić information content (AvgIpc) is 2.78. The quantitative estimate of drug-likeness (QED) is 0.694. The second-order valence-corrected chi connectivity index (χ2v) is 12.1. The number of rotatable bonds is 4. The van der Waals surface area contributed by atoms with Gasteiger partial charge in [0.05, 0.1) is 9.79 Å². The maximum absolute atomic E-state index is 13.1. The lowest BCUT2D eigenvalue weighted by Crippen LogP contribution is -2.50. The number of hydrogen-bond donors (Lipinski definition) is 0. The zero-order valence-corrected chi connectivity index (χ0v) is 19.1. The van der Waals surface area contributed by atoms with Crippen molar-refractivity contribution >= 4 is 25.8 Å². The van der Waals surface area contributed by atoms with Crippen LogP contribution in [0, 0.1) is 0 Å². The van der Waals surface area contributed by atoms with Gasteiger partial charge in [-0.3, -0.25) is 4.79 Å². The highest BCUT2D eigenvalue weighted by molar-refractivity contribution is 7.90. The molecule has 1 fully saturated rings. The minimum Gasteiger partial charge on any atom is -0.336 e. The molecular formula is C22H26N2O5S2. The monoisotopic (exact) mass is 462 g/mol.